The van der Waals surface area contributed by atoms with Crippen molar-refractivity contribution in [3.63, 3.8) is 0 Å². The molecule has 4 rings (SSSR count). The second kappa shape index (κ2) is 7.49. The van der Waals surface area contributed by atoms with E-state index in [0.29, 0.717) is 29.7 Å². The molecule has 0 aromatic heterocycles. The van der Waals surface area contributed by atoms with Crippen LogP contribution in [0.25, 0.3) is 0 Å². The molecular formula is C22H32N2O. The van der Waals surface area contributed by atoms with Crippen molar-refractivity contribution >= 4 is 5.91 Å². The Morgan fingerprint density at radius 3 is 2.48 bits per heavy atom. The lowest BCUT2D eigenvalue weighted by molar-refractivity contribution is -0.140. The van der Waals surface area contributed by atoms with Gasteiger partial charge in [0.1, 0.15) is 0 Å². The number of nitrogens with zero attached hydrogens (tertiary/aromatic N) is 1. The fourth-order valence-corrected chi connectivity index (χ4v) is 5.63. The first-order valence-corrected chi connectivity index (χ1v) is 10.3. The molecular weight excluding hydrogens is 308 g/mol. The molecule has 1 aromatic rings. The van der Waals surface area contributed by atoms with Gasteiger partial charge in [0.2, 0.25) is 5.91 Å². The summed E-state index contributed by atoms with van der Waals surface area (Å²) < 4.78 is 0. The number of piperidine rings is 1. The number of hydrogen-bond acceptors (Lipinski definition) is 2. The second-order valence-corrected chi connectivity index (χ2v) is 8.68. The predicted molar refractivity (Wildman–Crippen MR) is 101 cm³/mol. The Bertz CT molecular complexity index is 573. The van der Waals surface area contributed by atoms with Gasteiger partial charge in [-0.25, -0.2) is 0 Å². The highest BCUT2D eigenvalue weighted by Gasteiger charge is 2.42. The Hall–Kier alpha value is -1.35. The Kier molecular flexibility index (Phi) is 5.12. The first-order valence-electron chi connectivity index (χ1n) is 10.3. The summed E-state index contributed by atoms with van der Waals surface area (Å²) in [5, 5.41) is 0. The van der Waals surface area contributed by atoms with Gasteiger partial charge in [-0.05, 0) is 68.3 Å². The van der Waals surface area contributed by atoms with Crippen molar-refractivity contribution in [1.29, 1.82) is 0 Å². The van der Waals surface area contributed by atoms with Crippen LogP contribution < -0.4 is 5.73 Å². The lowest BCUT2D eigenvalue weighted by atomic mass is 9.65. The SMILES string of the molecule is NC1C2CCCC1CC(C(=O)N1CCCC(Cc3ccccc3)C1)C2. The minimum Gasteiger partial charge on any atom is -0.342 e. The summed E-state index contributed by atoms with van der Waals surface area (Å²) in [7, 11) is 0. The van der Waals surface area contributed by atoms with Crippen LogP contribution in [0.3, 0.4) is 0 Å². The average molecular weight is 341 g/mol. The van der Waals surface area contributed by atoms with E-state index in [4.69, 9.17) is 5.73 Å². The molecule has 1 aliphatic heterocycles. The van der Waals surface area contributed by atoms with Crippen LogP contribution in [0.5, 0.6) is 0 Å². The van der Waals surface area contributed by atoms with Gasteiger partial charge < -0.3 is 10.6 Å². The summed E-state index contributed by atoms with van der Waals surface area (Å²) in [6, 6.07) is 11.1. The third kappa shape index (κ3) is 3.76. The fraction of sp³-hybridized carbons (Fsp3) is 0.682. The standard InChI is InChI=1S/C22H32N2O/c23-21-18-9-4-10-19(21)14-20(13-18)22(25)24-11-5-8-17(15-24)12-16-6-2-1-3-7-16/h1-3,6-7,17-21H,4-5,8-15,23H2. The number of benzene rings is 1. The number of amides is 1. The minimum atomic E-state index is 0.241. The molecule has 3 nitrogen and oxygen atoms in total. The van der Waals surface area contributed by atoms with E-state index in [1.54, 1.807) is 0 Å². The van der Waals surface area contributed by atoms with E-state index < -0.39 is 0 Å². The smallest absolute Gasteiger partial charge is 0.225 e. The molecule has 25 heavy (non-hydrogen) atoms. The van der Waals surface area contributed by atoms with E-state index in [1.807, 2.05) is 0 Å². The summed E-state index contributed by atoms with van der Waals surface area (Å²) in [6.45, 7) is 1.91. The quantitative estimate of drug-likeness (QED) is 0.913. The van der Waals surface area contributed by atoms with Crippen LogP contribution >= 0.6 is 0 Å². The highest BCUT2D eigenvalue weighted by Crippen LogP contribution is 2.42. The van der Waals surface area contributed by atoms with E-state index >= 15 is 0 Å². The van der Waals surface area contributed by atoms with Crippen LogP contribution in [-0.4, -0.2) is 29.9 Å². The molecule has 1 saturated heterocycles. The van der Waals surface area contributed by atoms with Crippen molar-refractivity contribution in [2.75, 3.05) is 13.1 Å². The van der Waals surface area contributed by atoms with Crippen LogP contribution in [0.15, 0.2) is 30.3 Å². The third-order valence-corrected chi connectivity index (χ3v) is 6.96. The van der Waals surface area contributed by atoms with Crippen LogP contribution in [0.4, 0.5) is 0 Å². The molecule has 2 N–H and O–H groups in total. The Labute approximate surface area is 152 Å². The van der Waals surface area contributed by atoms with Crippen LogP contribution in [0.1, 0.15) is 50.5 Å². The van der Waals surface area contributed by atoms with Gasteiger partial charge in [-0.2, -0.15) is 0 Å². The number of nitrogens with two attached hydrogens (primary N) is 1. The van der Waals surface area contributed by atoms with E-state index in [1.165, 1.54) is 31.2 Å². The van der Waals surface area contributed by atoms with Crippen molar-refractivity contribution in [2.24, 2.45) is 29.4 Å². The summed E-state index contributed by atoms with van der Waals surface area (Å²) in [6.07, 6.45) is 9.36. The maximum Gasteiger partial charge on any atom is 0.225 e. The summed E-state index contributed by atoms with van der Waals surface area (Å²) in [4.78, 5) is 15.4. The second-order valence-electron chi connectivity index (χ2n) is 8.68. The lowest BCUT2D eigenvalue weighted by Crippen LogP contribution is -2.51. The lowest BCUT2D eigenvalue weighted by Gasteiger charge is -2.45. The van der Waals surface area contributed by atoms with Crippen molar-refractivity contribution in [3.8, 4) is 0 Å². The molecule has 3 aliphatic rings. The van der Waals surface area contributed by atoms with E-state index in [9.17, 15) is 4.79 Å². The molecule has 136 valence electrons. The molecule has 3 unspecified atom stereocenters. The maximum absolute atomic E-state index is 13.2. The predicted octanol–water partition coefficient (Wildman–Crippen LogP) is 3.62. The van der Waals surface area contributed by atoms with Gasteiger partial charge in [0.25, 0.3) is 0 Å². The number of hydrogen-bond donors (Lipinski definition) is 1. The maximum atomic E-state index is 13.2. The summed E-state index contributed by atoms with van der Waals surface area (Å²) in [5.74, 6) is 2.47. The fourth-order valence-electron chi connectivity index (χ4n) is 5.63. The minimum absolute atomic E-state index is 0.241. The third-order valence-electron chi connectivity index (χ3n) is 6.96. The van der Waals surface area contributed by atoms with Crippen molar-refractivity contribution in [3.05, 3.63) is 35.9 Å². The number of fused-ring (bicyclic) bond motifs is 2. The van der Waals surface area contributed by atoms with Gasteiger partial charge in [0.05, 0.1) is 0 Å². The topological polar surface area (TPSA) is 46.3 Å². The highest BCUT2D eigenvalue weighted by molar-refractivity contribution is 5.79. The molecule has 1 aromatic carbocycles. The van der Waals surface area contributed by atoms with E-state index in [2.05, 4.69) is 35.2 Å². The summed E-state index contributed by atoms with van der Waals surface area (Å²) >= 11 is 0. The number of rotatable bonds is 3. The van der Waals surface area contributed by atoms with E-state index in [-0.39, 0.29) is 5.92 Å². The monoisotopic (exact) mass is 340 g/mol. The van der Waals surface area contributed by atoms with Crippen molar-refractivity contribution in [2.45, 2.75) is 57.4 Å². The highest BCUT2D eigenvalue weighted by atomic mass is 16.2. The average Bonchev–Trinajstić information content (AvgIpc) is 2.62. The number of likely N-dealkylation sites (tertiary alicyclic amines) is 1. The Morgan fingerprint density at radius 1 is 1.04 bits per heavy atom. The zero-order valence-corrected chi connectivity index (χ0v) is 15.3. The number of carbonyl (C=O) groups excluding carboxylic acids is 1. The normalized spacial score (nSPS) is 35.4. The van der Waals surface area contributed by atoms with Gasteiger partial charge in [-0.1, -0.05) is 36.8 Å². The largest absolute Gasteiger partial charge is 0.342 e. The molecule has 0 radical (unpaired) electrons. The molecule has 0 spiro atoms. The molecule has 3 fully saturated rings. The molecule has 2 bridgehead atoms. The van der Waals surface area contributed by atoms with E-state index in [0.717, 1.165) is 38.8 Å². The first-order chi connectivity index (χ1) is 12.2. The zero-order chi connectivity index (χ0) is 17.2. The van der Waals surface area contributed by atoms with Crippen LogP contribution in [-0.2, 0) is 11.2 Å². The van der Waals surface area contributed by atoms with Gasteiger partial charge in [-0.15, -0.1) is 0 Å². The van der Waals surface area contributed by atoms with Gasteiger partial charge in [0, 0.05) is 25.0 Å². The van der Waals surface area contributed by atoms with Crippen molar-refractivity contribution < 1.29 is 4.79 Å². The Morgan fingerprint density at radius 2 is 1.76 bits per heavy atom. The molecule has 3 heteroatoms. The van der Waals surface area contributed by atoms with Crippen LogP contribution in [0.2, 0.25) is 0 Å². The first kappa shape index (κ1) is 17.1. The van der Waals surface area contributed by atoms with Gasteiger partial charge in [0.15, 0.2) is 0 Å². The number of carbonyl (C=O) groups is 1. The molecule has 1 amide bonds. The summed E-state index contributed by atoms with van der Waals surface area (Å²) in [5.41, 5.74) is 7.81. The zero-order valence-electron chi connectivity index (χ0n) is 15.3. The van der Waals surface area contributed by atoms with Crippen LogP contribution in [0, 0.1) is 23.7 Å². The van der Waals surface area contributed by atoms with Gasteiger partial charge in [-0.3, -0.25) is 4.79 Å². The molecule has 3 atom stereocenters. The molecule has 2 saturated carbocycles. The Balaban J connectivity index is 1.37. The van der Waals surface area contributed by atoms with Crippen molar-refractivity contribution in [1.82, 2.24) is 4.90 Å². The molecule has 2 aliphatic carbocycles. The van der Waals surface area contributed by atoms with Gasteiger partial charge >= 0.3 is 0 Å². The molecule has 1 heterocycles.